The zero-order valence-electron chi connectivity index (χ0n) is 19.0. The Morgan fingerprint density at radius 1 is 0.811 bits per heavy atom. The first-order valence-corrected chi connectivity index (χ1v) is 11.2. The molecule has 7 atom stereocenters. The summed E-state index contributed by atoms with van der Waals surface area (Å²) in [6.45, 7) is -0.673. The summed E-state index contributed by atoms with van der Waals surface area (Å²) in [7, 11) is 0. The predicted molar refractivity (Wildman–Crippen MR) is 121 cm³/mol. The number of imidazole rings is 2. The van der Waals surface area contributed by atoms with Crippen LogP contribution in [-0.2, 0) is 9.47 Å². The lowest BCUT2D eigenvalue weighted by atomic mass is 10.1. The average molecular weight is 520 g/mol. The molecule has 6 heterocycles. The van der Waals surface area contributed by atoms with Gasteiger partial charge in [-0.05, 0) is 0 Å². The van der Waals surface area contributed by atoms with E-state index >= 15 is 0 Å². The molecule has 0 bridgehead atoms. The fourth-order valence-electron chi connectivity index (χ4n) is 4.28. The SMILES string of the molecule is O=c1[nH]cnc2c1ncn2[C@@H]1O[C@H](CO)[C@@H](O)[C@H]1O.O=c1[nH]cnc2c1ncn2[C@H]1C[C@H](O)[C@@H](CO)O1. The molecular formula is C20H24N8O9. The molecule has 37 heavy (non-hydrogen) atoms. The highest BCUT2D eigenvalue weighted by molar-refractivity contribution is 5.69. The van der Waals surface area contributed by atoms with Crippen molar-refractivity contribution in [2.24, 2.45) is 0 Å². The fraction of sp³-hybridized carbons (Fsp3) is 0.500. The lowest BCUT2D eigenvalue weighted by molar-refractivity contribution is -0.0511. The van der Waals surface area contributed by atoms with Crippen molar-refractivity contribution >= 4 is 22.3 Å². The van der Waals surface area contributed by atoms with E-state index < -0.39 is 55.1 Å². The Morgan fingerprint density at radius 2 is 1.38 bits per heavy atom. The molecule has 0 aromatic carbocycles. The van der Waals surface area contributed by atoms with Gasteiger partial charge in [0.25, 0.3) is 11.1 Å². The third-order valence-corrected chi connectivity index (χ3v) is 6.22. The number of aliphatic hydroxyl groups excluding tert-OH is 5. The summed E-state index contributed by atoms with van der Waals surface area (Å²) in [6, 6.07) is 0. The van der Waals surface area contributed by atoms with Gasteiger partial charge in [-0.1, -0.05) is 0 Å². The highest BCUT2D eigenvalue weighted by Gasteiger charge is 2.44. The number of aromatic nitrogens is 8. The van der Waals surface area contributed by atoms with Gasteiger partial charge in [-0.15, -0.1) is 0 Å². The molecule has 17 heteroatoms. The number of H-pyrrole nitrogens is 2. The van der Waals surface area contributed by atoms with Crippen LogP contribution in [0.2, 0.25) is 0 Å². The number of fused-ring (bicyclic) bond motifs is 2. The molecule has 4 aromatic rings. The van der Waals surface area contributed by atoms with Crippen LogP contribution in [0.5, 0.6) is 0 Å². The maximum Gasteiger partial charge on any atom is 0.278 e. The predicted octanol–water partition coefficient (Wildman–Crippen LogP) is -3.51. The van der Waals surface area contributed by atoms with Crippen LogP contribution in [0.4, 0.5) is 0 Å². The van der Waals surface area contributed by atoms with Gasteiger partial charge in [-0.25, -0.2) is 19.9 Å². The van der Waals surface area contributed by atoms with Crippen molar-refractivity contribution in [1.29, 1.82) is 0 Å². The van der Waals surface area contributed by atoms with E-state index in [0.29, 0.717) is 12.1 Å². The first-order chi connectivity index (χ1) is 17.8. The largest absolute Gasteiger partial charge is 0.394 e. The number of aromatic amines is 2. The molecule has 0 saturated carbocycles. The first kappa shape index (κ1) is 25.1. The fourth-order valence-corrected chi connectivity index (χ4v) is 4.28. The maximum absolute atomic E-state index is 11.5. The normalized spacial score (nSPS) is 29.6. The number of nitrogens with one attached hydrogen (secondary N) is 2. The van der Waals surface area contributed by atoms with Crippen LogP contribution < -0.4 is 11.1 Å². The van der Waals surface area contributed by atoms with Gasteiger partial charge in [0.15, 0.2) is 28.6 Å². The Labute approximate surface area is 205 Å². The summed E-state index contributed by atoms with van der Waals surface area (Å²) in [5.74, 6) is 0. The second-order valence-corrected chi connectivity index (χ2v) is 8.46. The quantitative estimate of drug-likeness (QED) is 0.138. The van der Waals surface area contributed by atoms with Crippen molar-refractivity contribution in [3.8, 4) is 0 Å². The lowest BCUT2D eigenvalue weighted by Gasteiger charge is -2.16. The van der Waals surface area contributed by atoms with Gasteiger partial charge < -0.3 is 45.0 Å². The van der Waals surface area contributed by atoms with Crippen LogP contribution in [0.1, 0.15) is 18.9 Å². The third-order valence-electron chi connectivity index (χ3n) is 6.22. The van der Waals surface area contributed by atoms with Crippen LogP contribution in [0.15, 0.2) is 34.9 Å². The summed E-state index contributed by atoms with van der Waals surface area (Å²) in [5.41, 5.74) is 0.239. The number of aliphatic hydroxyl groups is 5. The Hall–Kier alpha value is -3.58. The topological polar surface area (TPSA) is 247 Å². The van der Waals surface area contributed by atoms with Crippen molar-refractivity contribution in [2.75, 3.05) is 13.2 Å². The summed E-state index contributed by atoms with van der Waals surface area (Å²) >= 11 is 0. The number of ether oxygens (including phenoxy) is 2. The number of rotatable bonds is 4. The van der Waals surface area contributed by atoms with E-state index in [0.717, 1.165) is 0 Å². The van der Waals surface area contributed by atoms with Crippen LogP contribution in [0, 0.1) is 0 Å². The molecule has 6 rings (SSSR count). The van der Waals surface area contributed by atoms with Gasteiger partial charge in [-0.3, -0.25) is 18.7 Å². The molecule has 198 valence electrons. The minimum atomic E-state index is -1.24. The van der Waals surface area contributed by atoms with E-state index in [4.69, 9.17) is 19.7 Å². The average Bonchev–Trinajstić information content (AvgIpc) is 3.66. The first-order valence-electron chi connectivity index (χ1n) is 11.2. The maximum atomic E-state index is 11.5. The number of hydrogen-bond acceptors (Lipinski definition) is 13. The van der Waals surface area contributed by atoms with Crippen LogP contribution in [-0.4, -0.2) is 108 Å². The van der Waals surface area contributed by atoms with Crippen LogP contribution in [0.3, 0.4) is 0 Å². The zero-order chi connectivity index (χ0) is 26.3. The molecule has 2 fully saturated rings. The van der Waals surface area contributed by atoms with Crippen molar-refractivity contribution in [2.45, 2.75) is 49.4 Å². The Morgan fingerprint density at radius 3 is 1.92 bits per heavy atom. The Kier molecular flexibility index (Phi) is 6.82. The summed E-state index contributed by atoms with van der Waals surface area (Å²) in [6.07, 6.45) is -0.550. The lowest BCUT2D eigenvalue weighted by Crippen LogP contribution is -2.33. The number of hydrogen-bond donors (Lipinski definition) is 7. The molecule has 0 aliphatic carbocycles. The van der Waals surface area contributed by atoms with Gasteiger partial charge in [0.2, 0.25) is 0 Å². The molecule has 7 N–H and O–H groups in total. The molecule has 0 unspecified atom stereocenters. The minimum Gasteiger partial charge on any atom is -0.394 e. The molecule has 17 nitrogen and oxygen atoms in total. The Bertz CT molecular complexity index is 1500. The van der Waals surface area contributed by atoms with Gasteiger partial charge in [0.05, 0.1) is 44.6 Å². The molecule has 2 aliphatic rings. The number of nitrogens with zero attached hydrogens (tertiary/aromatic N) is 6. The van der Waals surface area contributed by atoms with E-state index in [2.05, 4.69) is 29.9 Å². The van der Waals surface area contributed by atoms with Crippen molar-refractivity contribution < 1.29 is 35.0 Å². The van der Waals surface area contributed by atoms with Crippen LogP contribution >= 0.6 is 0 Å². The van der Waals surface area contributed by atoms with Crippen LogP contribution in [0.25, 0.3) is 22.3 Å². The van der Waals surface area contributed by atoms with E-state index in [9.17, 15) is 24.9 Å². The molecule has 0 amide bonds. The van der Waals surface area contributed by atoms with Gasteiger partial charge >= 0.3 is 0 Å². The monoisotopic (exact) mass is 520 g/mol. The molecule has 0 radical (unpaired) electrons. The summed E-state index contributed by atoms with van der Waals surface area (Å²) in [5, 5.41) is 47.3. The van der Waals surface area contributed by atoms with Gasteiger partial charge in [0, 0.05) is 6.42 Å². The molecule has 0 spiro atoms. The van der Waals surface area contributed by atoms with E-state index in [1.165, 1.54) is 29.9 Å². The van der Waals surface area contributed by atoms with E-state index in [-0.39, 0.29) is 28.8 Å². The highest BCUT2D eigenvalue weighted by Crippen LogP contribution is 2.31. The van der Waals surface area contributed by atoms with E-state index in [1.807, 2.05) is 0 Å². The van der Waals surface area contributed by atoms with Crippen molar-refractivity contribution in [3.05, 3.63) is 46.0 Å². The summed E-state index contributed by atoms with van der Waals surface area (Å²) in [4.78, 5) is 43.7. The molecule has 2 aliphatic heterocycles. The molecular weight excluding hydrogens is 496 g/mol. The van der Waals surface area contributed by atoms with Gasteiger partial charge in [0.1, 0.15) is 30.6 Å². The van der Waals surface area contributed by atoms with Crippen molar-refractivity contribution in [3.63, 3.8) is 0 Å². The third kappa shape index (κ3) is 4.42. The second-order valence-electron chi connectivity index (χ2n) is 8.46. The smallest absolute Gasteiger partial charge is 0.278 e. The molecule has 4 aromatic heterocycles. The minimum absolute atomic E-state index is 0.111. The second kappa shape index (κ2) is 10.1. The highest BCUT2D eigenvalue weighted by atomic mass is 16.6. The standard InChI is InChI=1S/C10H12N4O5.C10H12N4O4/c15-1-4-6(16)7(17)10(19-4)14-3-13-5-8(14)11-2-12-9(5)18;15-2-6-5(16)1-7(18-6)14-4-13-8-9(14)11-3-12-10(8)17/h2-4,6-7,10,15-17H,1H2,(H,11,12,18);3-7,15-16H,1-2H2,(H,11,12,17)/t4-,6-,7-,10-;5-,6+,7+/m10/s1. The Balaban J connectivity index is 0.000000152. The molecule has 2 saturated heterocycles. The zero-order valence-corrected chi connectivity index (χ0v) is 19.0. The summed E-state index contributed by atoms with van der Waals surface area (Å²) < 4.78 is 13.8. The van der Waals surface area contributed by atoms with Crippen molar-refractivity contribution in [1.82, 2.24) is 39.0 Å². The van der Waals surface area contributed by atoms with Gasteiger partial charge in [-0.2, -0.15) is 0 Å². The van der Waals surface area contributed by atoms with E-state index in [1.54, 1.807) is 4.57 Å².